The van der Waals surface area contributed by atoms with Crippen molar-refractivity contribution in [1.82, 2.24) is 4.57 Å². The van der Waals surface area contributed by atoms with Crippen molar-refractivity contribution in [2.75, 3.05) is 5.32 Å². The maximum Gasteiger partial charge on any atom is 0.261 e. The molecule has 1 amide bonds. The summed E-state index contributed by atoms with van der Waals surface area (Å²) in [6, 6.07) is 17.5. The molecule has 0 aliphatic heterocycles. The van der Waals surface area contributed by atoms with Gasteiger partial charge in [0.2, 0.25) is 0 Å². The first-order valence-electron chi connectivity index (χ1n) is 9.57. The number of aryl methyl sites for hydroxylation is 3. The molecule has 0 saturated heterocycles. The number of benzene rings is 2. The van der Waals surface area contributed by atoms with E-state index in [1.165, 1.54) is 0 Å². The summed E-state index contributed by atoms with van der Waals surface area (Å²) in [6.07, 6.45) is 0.808. The number of rotatable bonds is 5. The van der Waals surface area contributed by atoms with Crippen molar-refractivity contribution < 1.29 is 4.79 Å². The smallest absolute Gasteiger partial charge is 0.261 e. The molecule has 0 unspecified atom stereocenters. The van der Waals surface area contributed by atoms with Gasteiger partial charge in [-0.15, -0.1) is 0 Å². The van der Waals surface area contributed by atoms with Crippen LogP contribution in [0.2, 0.25) is 0 Å². The number of para-hydroxylation sites is 1. The second kappa shape index (κ2) is 8.26. The molecular weight excluding hydrogens is 348 g/mol. The number of anilines is 1. The maximum atomic E-state index is 13.1. The van der Waals surface area contributed by atoms with Gasteiger partial charge < -0.3 is 9.88 Å². The third kappa shape index (κ3) is 3.91. The van der Waals surface area contributed by atoms with E-state index in [0.29, 0.717) is 12.2 Å². The van der Waals surface area contributed by atoms with E-state index in [-0.39, 0.29) is 16.9 Å². The van der Waals surface area contributed by atoms with Gasteiger partial charge in [0.05, 0.1) is 0 Å². The van der Waals surface area contributed by atoms with Gasteiger partial charge in [-0.25, -0.2) is 0 Å². The number of nitrogens with one attached hydrogen (secondary N) is 1. The van der Waals surface area contributed by atoms with Crippen LogP contribution in [0.15, 0.2) is 59.4 Å². The van der Waals surface area contributed by atoms with E-state index in [0.717, 1.165) is 34.5 Å². The van der Waals surface area contributed by atoms with Crippen molar-refractivity contribution in [2.45, 2.75) is 40.7 Å². The normalized spacial score (nSPS) is 10.7. The average molecular weight is 374 g/mol. The van der Waals surface area contributed by atoms with E-state index >= 15 is 0 Å². The second-order valence-electron chi connectivity index (χ2n) is 7.10. The lowest BCUT2D eigenvalue weighted by Gasteiger charge is -2.19. The summed E-state index contributed by atoms with van der Waals surface area (Å²) in [6.45, 7) is 8.36. The minimum atomic E-state index is -0.353. The quantitative estimate of drug-likeness (QED) is 0.707. The van der Waals surface area contributed by atoms with Crippen LogP contribution in [0.5, 0.6) is 0 Å². The van der Waals surface area contributed by atoms with Gasteiger partial charge in [0, 0.05) is 29.7 Å². The fraction of sp³-hybridized carbons (Fsp3) is 0.250. The Morgan fingerprint density at radius 1 is 1.00 bits per heavy atom. The van der Waals surface area contributed by atoms with Crippen molar-refractivity contribution in [1.29, 1.82) is 0 Å². The predicted octanol–water partition coefficient (Wildman–Crippen LogP) is 4.64. The molecule has 144 valence electrons. The maximum absolute atomic E-state index is 13.1. The molecule has 1 aromatic heterocycles. The largest absolute Gasteiger partial charge is 0.344 e. The number of nitrogens with zero attached hydrogens (tertiary/aromatic N) is 1. The van der Waals surface area contributed by atoms with Gasteiger partial charge in [-0.2, -0.15) is 0 Å². The van der Waals surface area contributed by atoms with E-state index in [2.05, 4.69) is 12.2 Å². The molecule has 2 aromatic carbocycles. The van der Waals surface area contributed by atoms with Gasteiger partial charge >= 0.3 is 0 Å². The zero-order chi connectivity index (χ0) is 20.3. The molecule has 3 aromatic rings. The highest BCUT2D eigenvalue weighted by Crippen LogP contribution is 2.22. The summed E-state index contributed by atoms with van der Waals surface area (Å²) in [7, 11) is 0. The molecule has 0 saturated carbocycles. The highest BCUT2D eigenvalue weighted by atomic mass is 16.2. The number of hydrogen-bond donors (Lipinski definition) is 1. The molecule has 1 N–H and O–H groups in total. The van der Waals surface area contributed by atoms with E-state index < -0.39 is 0 Å². The number of carbonyl (C=O) groups excluding carboxylic acids is 1. The Morgan fingerprint density at radius 3 is 2.39 bits per heavy atom. The monoisotopic (exact) mass is 374 g/mol. The zero-order valence-electron chi connectivity index (χ0n) is 16.9. The zero-order valence-corrected chi connectivity index (χ0v) is 16.9. The lowest BCUT2D eigenvalue weighted by atomic mass is 10.0. The summed E-state index contributed by atoms with van der Waals surface area (Å²) in [5.74, 6) is -0.353. The van der Waals surface area contributed by atoms with Crippen molar-refractivity contribution in [3.63, 3.8) is 0 Å². The van der Waals surface area contributed by atoms with Gasteiger partial charge in [0.15, 0.2) is 5.43 Å². The summed E-state index contributed by atoms with van der Waals surface area (Å²) < 4.78 is 2.02. The minimum absolute atomic E-state index is 0.201. The molecule has 4 heteroatoms. The third-order valence-corrected chi connectivity index (χ3v) is 5.17. The highest BCUT2D eigenvalue weighted by molar-refractivity contribution is 6.05. The number of pyridine rings is 1. The Labute approximate surface area is 165 Å². The molecule has 0 fully saturated rings. The molecule has 0 atom stereocenters. The van der Waals surface area contributed by atoms with Crippen molar-refractivity contribution in [3.05, 3.63) is 98.5 Å². The van der Waals surface area contributed by atoms with Crippen LogP contribution in [0.25, 0.3) is 0 Å². The highest BCUT2D eigenvalue weighted by Gasteiger charge is 2.19. The lowest BCUT2D eigenvalue weighted by molar-refractivity contribution is 0.102. The molecule has 28 heavy (non-hydrogen) atoms. The van der Waals surface area contributed by atoms with Crippen LogP contribution in [-0.4, -0.2) is 10.5 Å². The molecule has 0 aliphatic rings. The Kier molecular flexibility index (Phi) is 5.78. The molecule has 0 radical (unpaired) electrons. The van der Waals surface area contributed by atoms with Gasteiger partial charge in [0.1, 0.15) is 5.56 Å². The average Bonchev–Trinajstić information content (AvgIpc) is 2.67. The van der Waals surface area contributed by atoms with E-state index in [1.54, 1.807) is 6.07 Å². The summed E-state index contributed by atoms with van der Waals surface area (Å²) in [5.41, 5.74) is 5.44. The van der Waals surface area contributed by atoms with Crippen LogP contribution in [-0.2, 0) is 13.0 Å². The van der Waals surface area contributed by atoms with Crippen LogP contribution in [0.3, 0.4) is 0 Å². The van der Waals surface area contributed by atoms with Gasteiger partial charge in [-0.3, -0.25) is 9.59 Å². The standard InChI is InChI=1S/C24H26N2O2/c1-5-20-13-9-10-16(2)23(20)25-24(28)22-18(4)26(17(3)14-21(22)27)15-19-11-7-6-8-12-19/h6-14H,5,15H2,1-4H3,(H,25,28). The Balaban J connectivity index is 2.01. The molecule has 0 bridgehead atoms. The van der Waals surface area contributed by atoms with Gasteiger partial charge in [-0.05, 0) is 43.9 Å². The molecule has 4 nitrogen and oxygen atoms in total. The van der Waals surface area contributed by atoms with E-state index in [1.807, 2.05) is 73.9 Å². The molecule has 1 heterocycles. The topological polar surface area (TPSA) is 51.1 Å². The summed E-state index contributed by atoms with van der Waals surface area (Å²) in [4.78, 5) is 25.7. The predicted molar refractivity (Wildman–Crippen MR) is 114 cm³/mol. The Hall–Kier alpha value is -3.14. The third-order valence-electron chi connectivity index (χ3n) is 5.17. The first-order valence-corrected chi connectivity index (χ1v) is 9.57. The second-order valence-corrected chi connectivity index (χ2v) is 7.10. The van der Waals surface area contributed by atoms with Crippen LogP contribution in [0.1, 0.15) is 45.4 Å². The van der Waals surface area contributed by atoms with Crippen molar-refractivity contribution >= 4 is 11.6 Å². The molecule has 0 spiro atoms. The first-order chi connectivity index (χ1) is 13.4. The summed E-state index contributed by atoms with van der Waals surface area (Å²) >= 11 is 0. The summed E-state index contributed by atoms with van der Waals surface area (Å²) in [5, 5.41) is 2.99. The Morgan fingerprint density at radius 2 is 1.71 bits per heavy atom. The van der Waals surface area contributed by atoms with Gasteiger partial charge in [-0.1, -0.05) is 55.5 Å². The van der Waals surface area contributed by atoms with E-state index in [4.69, 9.17) is 0 Å². The lowest BCUT2D eigenvalue weighted by Crippen LogP contribution is -2.27. The molecule has 0 aliphatic carbocycles. The SMILES string of the molecule is CCc1cccc(C)c1NC(=O)c1c(C)n(Cc2ccccc2)c(C)cc1=O. The number of aromatic nitrogens is 1. The van der Waals surface area contributed by atoms with Gasteiger partial charge in [0.25, 0.3) is 5.91 Å². The number of hydrogen-bond acceptors (Lipinski definition) is 2. The van der Waals surface area contributed by atoms with Crippen molar-refractivity contribution in [3.8, 4) is 0 Å². The van der Waals surface area contributed by atoms with Crippen molar-refractivity contribution in [2.24, 2.45) is 0 Å². The Bertz CT molecular complexity index is 1070. The fourth-order valence-electron chi connectivity index (χ4n) is 3.58. The molecular formula is C24H26N2O2. The minimum Gasteiger partial charge on any atom is -0.344 e. The first kappa shape index (κ1) is 19.6. The number of carbonyl (C=O) groups is 1. The van der Waals surface area contributed by atoms with E-state index in [9.17, 15) is 9.59 Å². The van der Waals surface area contributed by atoms with Crippen LogP contribution < -0.4 is 10.7 Å². The fourth-order valence-corrected chi connectivity index (χ4v) is 3.58. The van der Waals surface area contributed by atoms with Crippen LogP contribution in [0, 0.1) is 20.8 Å². The number of amides is 1. The molecule has 3 rings (SSSR count). The van der Waals surface area contributed by atoms with Crippen LogP contribution in [0.4, 0.5) is 5.69 Å². The van der Waals surface area contributed by atoms with Crippen LogP contribution >= 0.6 is 0 Å².